The lowest BCUT2D eigenvalue weighted by Crippen LogP contribution is -2.52. The number of likely N-dealkylation sites (N-methyl/N-ethyl adjacent to an activating group) is 1. The van der Waals surface area contributed by atoms with Gasteiger partial charge in [-0.05, 0) is 12.8 Å². The predicted molar refractivity (Wildman–Crippen MR) is 71.1 cm³/mol. The van der Waals surface area contributed by atoms with Crippen LogP contribution in [0.5, 0.6) is 0 Å². The molecular formula is C12H16N4O2S. The Labute approximate surface area is 115 Å². The van der Waals surface area contributed by atoms with Gasteiger partial charge in [0.25, 0.3) is 0 Å². The van der Waals surface area contributed by atoms with Crippen molar-refractivity contribution in [3.8, 4) is 0 Å². The van der Waals surface area contributed by atoms with E-state index in [0.29, 0.717) is 11.0 Å². The molecular weight excluding hydrogens is 264 g/mol. The van der Waals surface area contributed by atoms with E-state index in [2.05, 4.69) is 9.36 Å². The molecule has 19 heavy (non-hydrogen) atoms. The number of hydrogen-bond acceptors (Lipinski definition) is 6. The van der Waals surface area contributed by atoms with Crippen molar-refractivity contribution in [1.29, 1.82) is 0 Å². The largest absolute Gasteiger partial charge is 0.328 e. The molecule has 0 bridgehead atoms. The average molecular weight is 280 g/mol. The summed E-state index contributed by atoms with van der Waals surface area (Å²) < 4.78 is 4.40. The Bertz CT molecular complexity index is 492. The van der Waals surface area contributed by atoms with E-state index in [4.69, 9.17) is 0 Å². The molecule has 7 heteroatoms. The molecule has 0 aromatic carbocycles. The molecule has 2 heterocycles. The molecule has 0 unspecified atom stereocenters. The molecule has 0 spiro atoms. The first kappa shape index (κ1) is 12.5. The summed E-state index contributed by atoms with van der Waals surface area (Å²) in [5, 5.41) is 0.691. The molecule has 1 saturated heterocycles. The van der Waals surface area contributed by atoms with Crippen molar-refractivity contribution in [3.05, 3.63) is 5.82 Å². The third-order valence-electron chi connectivity index (χ3n) is 3.82. The van der Waals surface area contributed by atoms with E-state index in [0.717, 1.165) is 18.7 Å². The number of amides is 2. The van der Waals surface area contributed by atoms with E-state index >= 15 is 0 Å². The van der Waals surface area contributed by atoms with E-state index in [1.807, 2.05) is 0 Å². The quantitative estimate of drug-likeness (QED) is 0.756. The molecule has 6 nitrogen and oxygen atoms in total. The van der Waals surface area contributed by atoms with Crippen molar-refractivity contribution in [3.63, 3.8) is 0 Å². The molecule has 102 valence electrons. The highest BCUT2D eigenvalue weighted by Gasteiger charge is 2.30. The van der Waals surface area contributed by atoms with Crippen LogP contribution in [0.2, 0.25) is 0 Å². The Morgan fingerprint density at radius 1 is 1.16 bits per heavy atom. The fraction of sp³-hybridized carbons (Fsp3) is 0.667. The molecule has 1 aliphatic carbocycles. The Balaban J connectivity index is 1.75. The molecule has 3 rings (SSSR count). The minimum atomic E-state index is -0.186. The summed E-state index contributed by atoms with van der Waals surface area (Å²) in [6, 6.07) is 0. The summed E-state index contributed by atoms with van der Waals surface area (Å²) in [5.74, 6) is 0.975. The second-order valence-corrected chi connectivity index (χ2v) is 5.85. The Morgan fingerprint density at radius 2 is 1.79 bits per heavy atom. The van der Waals surface area contributed by atoms with Gasteiger partial charge < -0.3 is 4.90 Å². The zero-order valence-corrected chi connectivity index (χ0v) is 11.7. The second-order valence-electron chi connectivity index (χ2n) is 5.12. The maximum absolute atomic E-state index is 11.7. The van der Waals surface area contributed by atoms with Gasteiger partial charge in [-0.25, -0.2) is 4.98 Å². The second kappa shape index (κ2) is 4.88. The molecule has 1 aliphatic heterocycles. The lowest BCUT2D eigenvalue weighted by atomic mass is 10.1. The highest BCUT2D eigenvalue weighted by Crippen LogP contribution is 2.34. The minimum absolute atomic E-state index is 0.186. The summed E-state index contributed by atoms with van der Waals surface area (Å²) in [4.78, 5) is 30.8. The number of imide groups is 1. The van der Waals surface area contributed by atoms with Gasteiger partial charge in [-0.1, -0.05) is 12.8 Å². The molecule has 2 fully saturated rings. The fourth-order valence-corrected chi connectivity index (χ4v) is 3.32. The number of rotatable bonds is 2. The summed E-state index contributed by atoms with van der Waals surface area (Å²) >= 11 is 1.29. The number of piperazine rings is 1. The van der Waals surface area contributed by atoms with E-state index in [-0.39, 0.29) is 24.9 Å². The van der Waals surface area contributed by atoms with Gasteiger partial charge in [0.2, 0.25) is 16.9 Å². The fourth-order valence-electron chi connectivity index (χ4n) is 2.57. The molecule has 0 N–H and O–H groups in total. The minimum Gasteiger partial charge on any atom is -0.328 e. The monoisotopic (exact) mass is 280 g/mol. The van der Waals surface area contributed by atoms with Crippen molar-refractivity contribution in [2.45, 2.75) is 31.6 Å². The van der Waals surface area contributed by atoms with Crippen LogP contribution in [0.25, 0.3) is 0 Å². The summed E-state index contributed by atoms with van der Waals surface area (Å²) in [6.45, 7) is 0.420. The van der Waals surface area contributed by atoms with Crippen LogP contribution in [0.1, 0.15) is 37.4 Å². The van der Waals surface area contributed by atoms with Crippen LogP contribution in [0.4, 0.5) is 5.13 Å². The average Bonchev–Trinajstić information content (AvgIpc) is 3.05. The van der Waals surface area contributed by atoms with Crippen LogP contribution in [0, 0.1) is 0 Å². The van der Waals surface area contributed by atoms with Gasteiger partial charge in [-0.2, -0.15) is 4.37 Å². The first-order chi connectivity index (χ1) is 9.15. The van der Waals surface area contributed by atoms with Crippen LogP contribution < -0.4 is 4.90 Å². The van der Waals surface area contributed by atoms with Crippen LogP contribution >= 0.6 is 11.5 Å². The number of anilines is 1. The van der Waals surface area contributed by atoms with Gasteiger partial charge in [0.05, 0.1) is 0 Å². The number of carbonyl (C=O) groups excluding carboxylic acids is 2. The van der Waals surface area contributed by atoms with E-state index in [9.17, 15) is 9.59 Å². The molecule has 2 amide bonds. The Morgan fingerprint density at radius 3 is 2.42 bits per heavy atom. The number of nitrogens with zero attached hydrogens (tertiary/aromatic N) is 4. The highest BCUT2D eigenvalue weighted by molar-refractivity contribution is 7.09. The van der Waals surface area contributed by atoms with Crippen LogP contribution in [0.3, 0.4) is 0 Å². The third kappa shape index (κ3) is 2.34. The Hall–Kier alpha value is -1.50. The zero-order chi connectivity index (χ0) is 13.4. The summed E-state index contributed by atoms with van der Waals surface area (Å²) in [7, 11) is 1.52. The lowest BCUT2D eigenvalue weighted by Gasteiger charge is -2.29. The predicted octanol–water partition coefficient (Wildman–Crippen LogP) is 1.00. The molecule has 0 radical (unpaired) electrons. The molecule has 1 aromatic rings. The van der Waals surface area contributed by atoms with Gasteiger partial charge in [-0.15, -0.1) is 0 Å². The van der Waals surface area contributed by atoms with Crippen LogP contribution in [0.15, 0.2) is 0 Å². The third-order valence-corrected chi connectivity index (χ3v) is 4.61. The number of carbonyl (C=O) groups is 2. The van der Waals surface area contributed by atoms with E-state index in [1.54, 1.807) is 4.90 Å². The lowest BCUT2D eigenvalue weighted by molar-refractivity contribution is -0.143. The van der Waals surface area contributed by atoms with Gasteiger partial charge in [0.15, 0.2) is 0 Å². The van der Waals surface area contributed by atoms with Crippen molar-refractivity contribution in [2.75, 3.05) is 25.0 Å². The van der Waals surface area contributed by atoms with Gasteiger partial charge in [-0.3, -0.25) is 14.5 Å². The Kier molecular flexibility index (Phi) is 3.22. The highest BCUT2D eigenvalue weighted by atomic mass is 32.1. The smallest absolute Gasteiger partial charge is 0.248 e. The number of aromatic nitrogens is 2. The normalized spacial score (nSPS) is 21.5. The van der Waals surface area contributed by atoms with Crippen molar-refractivity contribution >= 4 is 28.5 Å². The van der Waals surface area contributed by atoms with Crippen molar-refractivity contribution in [2.24, 2.45) is 0 Å². The summed E-state index contributed by atoms with van der Waals surface area (Å²) in [6.07, 6.45) is 4.78. The zero-order valence-electron chi connectivity index (χ0n) is 10.8. The maximum atomic E-state index is 11.7. The molecule has 1 aromatic heterocycles. The maximum Gasteiger partial charge on any atom is 0.248 e. The topological polar surface area (TPSA) is 66.4 Å². The standard InChI is InChI=1S/C12H16N4O2S/c1-15-9(17)6-16(7-10(15)18)12-13-11(14-19-12)8-4-2-3-5-8/h8H,2-7H2,1H3. The first-order valence-corrected chi connectivity index (χ1v) is 7.30. The van der Waals surface area contributed by atoms with Gasteiger partial charge >= 0.3 is 0 Å². The van der Waals surface area contributed by atoms with Crippen molar-refractivity contribution in [1.82, 2.24) is 14.3 Å². The molecule has 2 aliphatic rings. The van der Waals surface area contributed by atoms with E-state index < -0.39 is 0 Å². The molecule has 0 atom stereocenters. The SMILES string of the molecule is CN1C(=O)CN(c2nc(C3CCCC3)ns2)CC1=O. The van der Waals surface area contributed by atoms with Crippen molar-refractivity contribution < 1.29 is 9.59 Å². The van der Waals surface area contributed by atoms with E-state index in [1.165, 1.54) is 36.3 Å². The van der Waals surface area contributed by atoms with Crippen LogP contribution in [-0.4, -0.2) is 46.2 Å². The van der Waals surface area contributed by atoms with Crippen LogP contribution in [-0.2, 0) is 9.59 Å². The van der Waals surface area contributed by atoms with Gasteiger partial charge in [0.1, 0.15) is 18.9 Å². The first-order valence-electron chi connectivity index (χ1n) is 6.53. The number of hydrogen-bond donors (Lipinski definition) is 0. The molecule has 1 saturated carbocycles. The summed E-state index contributed by atoms with van der Waals surface area (Å²) in [5.41, 5.74) is 0. The van der Waals surface area contributed by atoms with Gasteiger partial charge in [0, 0.05) is 24.5 Å².